The molecule has 0 aliphatic rings. The minimum atomic E-state index is -0.781. The zero-order chi connectivity index (χ0) is 55.0. The first kappa shape index (κ1) is 72.6. The molecule has 0 aliphatic heterocycles. The fourth-order valence-electron chi connectivity index (χ4n) is 9.27. The summed E-state index contributed by atoms with van der Waals surface area (Å²) in [6.45, 7) is 6.55. The molecule has 6 heteroatoms. The summed E-state index contributed by atoms with van der Waals surface area (Å²) >= 11 is 0. The third-order valence-electron chi connectivity index (χ3n) is 14.1. The molecule has 0 saturated carbocycles. The largest absolute Gasteiger partial charge is 0.462 e. The Hall–Kier alpha value is -3.41. The molecule has 0 aromatic carbocycles. The second kappa shape index (κ2) is 64.1. The molecule has 0 aromatic heterocycles. The molecule has 0 saturated heterocycles. The van der Waals surface area contributed by atoms with Gasteiger partial charge in [0.05, 0.1) is 0 Å². The van der Waals surface area contributed by atoms with Gasteiger partial charge in [-0.25, -0.2) is 0 Å². The smallest absolute Gasteiger partial charge is 0.306 e. The van der Waals surface area contributed by atoms with E-state index >= 15 is 0 Å². The summed E-state index contributed by atoms with van der Waals surface area (Å²) < 4.78 is 16.9. The third-order valence-corrected chi connectivity index (χ3v) is 14.1. The minimum Gasteiger partial charge on any atom is -0.462 e. The number of unbranched alkanes of at least 4 members (excludes halogenated alkanes) is 34. The van der Waals surface area contributed by atoms with Crippen molar-refractivity contribution in [2.75, 3.05) is 13.2 Å². The molecule has 0 spiro atoms. The Kier molecular flexibility index (Phi) is 61.2. The first-order valence-electron chi connectivity index (χ1n) is 32.6. The fourth-order valence-corrected chi connectivity index (χ4v) is 9.27. The zero-order valence-electron chi connectivity index (χ0n) is 50.3. The van der Waals surface area contributed by atoms with Gasteiger partial charge in [0, 0.05) is 19.3 Å². The van der Waals surface area contributed by atoms with Crippen molar-refractivity contribution in [1.82, 2.24) is 0 Å². The summed E-state index contributed by atoms with van der Waals surface area (Å²) in [7, 11) is 0. The topological polar surface area (TPSA) is 78.9 Å². The first-order chi connectivity index (χ1) is 37.5. The minimum absolute atomic E-state index is 0.0774. The molecule has 0 N–H and O–H groups in total. The van der Waals surface area contributed by atoms with Gasteiger partial charge in [-0.3, -0.25) is 14.4 Å². The van der Waals surface area contributed by atoms with E-state index in [0.717, 1.165) is 103 Å². The van der Waals surface area contributed by atoms with Gasteiger partial charge in [0.2, 0.25) is 0 Å². The SMILES string of the molecule is CC/C=C\C/C=C\C/C=C\C/C=C\C/C=C\C/C=C\CCCCCCCCCCC(=O)OCC(COC(=O)CCCCCCCCCCCCCCC)OC(=O)CCCCCCCCC/C=C\CCCCCCCCC. The second-order valence-corrected chi connectivity index (χ2v) is 21.6. The van der Waals surface area contributed by atoms with E-state index in [2.05, 4.69) is 106 Å². The summed E-state index contributed by atoms with van der Waals surface area (Å²) in [4.78, 5) is 38.3. The number of rotatable bonds is 59. The highest BCUT2D eigenvalue weighted by molar-refractivity contribution is 5.71. The number of esters is 3. The van der Waals surface area contributed by atoms with Gasteiger partial charge in [-0.2, -0.15) is 0 Å². The molecule has 0 radical (unpaired) electrons. The van der Waals surface area contributed by atoms with E-state index in [1.165, 1.54) is 180 Å². The number of hydrogen-bond donors (Lipinski definition) is 0. The second-order valence-electron chi connectivity index (χ2n) is 21.6. The van der Waals surface area contributed by atoms with Crippen LogP contribution in [0.1, 0.15) is 323 Å². The molecule has 0 rings (SSSR count). The van der Waals surface area contributed by atoms with E-state index in [1.807, 2.05) is 0 Å². The Morgan fingerprint density at radius 3 is 0.816 bits per heavy atom. The van der Waals surface area contributed by atoms with Crippen molar-refractivity contribution in [3.8, 4) is 0 Å². The van der Waals surface area contributed by atoms with Crippen molar-refractivity contribution < 1.29 is 28.6 Å². The van der Waals surface area contributed by atoms with Gasteiger partial charge >= 0.3 is 17.9 Å². The van der Waals surface area contributed by atoms with Crippen LogP contribution in [0.15, 0.2) is 85.1 Å². The standard InChI is InChI=1S/C70H122O6/c1-4-7-10-13-16-19-22-25-27-29-31-32-33-34-35-36-37-38-39-41-42-45-48-51-54-57-60-63-69(72)75-66-67(65-74-68(71)62-59-56-53-50-47-44-24-21-18-15-12-9-6-3)76-70(73)64-61-58-55-52-49-46-43-40-30-28-26-23-20-17-14-11-8-5-2/h7,10,16,19,25,27-28,30-32,34-35,37-38,67H,4-6,8-9,11-15,17-18,20-24,26,29,33,36,39-66H2,1-3H3/b10-7-,19-16-,27-25-,30-28-,32-31-,35-34-,38-37-. The van der Waals surface area contributed by atoms with Gasteiger partial charge < -0.3 is 14.2 Å². The summed E-state index contributed by atoms with van der Waals surface area (Å²) in [6, 6.07) is 0. The molecule has 76 heavy (non-hydrogen) atoms. The lowest BCUT2D eigenvalue weighted by atomic mass is 10.0. The predicted octanol–water partition coefficient (Wildman–Crippen LogP) is 22.3. The van der Waals surface area contributed by atoms with E-state index in [4.69, 9.17) is 14.2 Å². The van der Waals surface area contributed by atoms with Crippen LogP contribution >= 0.6 is 0 Å². The normalized spacial score (nSPS) is 12.6. The molecule has 0 heterocycles. The number of hydrogen-bond acceptors (Lipinski definition) is 6. The van der Waals surface area contributed by atoms with Crippen LogP contribution in [0.2, 0.25) is 0 Å². The number of carbonyl (C=O) groups is 3. The van der Waals surface area contributed by atoms with Crippen molar-refractivity contribution in [3.63, 3.8) is 0 Å². The van der Waals surface area contributed by atoms with Crippen LogP contribution in [0, 0.1) is 0 Å². The average Bonchev–Trinajstić information content (AvgIpc) is 3.42. The lowest BCUT2D eigenvalue weighted by Gasteiger charge is -2.18. The van der Waals surface area contributed by atoms with Crippen molar-refractivity contribution in [3.05, 3.63) is 85.1 Å². The van der Waals surface area contributed by atoms with Crippen LogP contribution in [0.25, 0.3) is 0 Å². The highest BCUT2D eigenvalue weighted by atomic mass is 16.6. The Labute approximate surface area is 471 Å². The zero-order valence-corrected chi connectivity index (χ0v) is 50.3. The van der Waals surface area contributed by atoms with Gasteiger partial charge in [0.15, 0.2) is 6.10 Å². The molecule has 6 nitrogen and oxygen atoms in total. The van der Waals surface area contributed by atoms with Gasteiger partial charge in [-0.15, -0.1) is 0 Å². The molecular formula is C70H122O6. The van der Waals surface area contributed by atoms with E-state index in [-0.39, 0.29) is 31.1 Å². The molecule has 1 atom stereocenters. The Balaban J connectivity index is 4.32. The Morgan fingerprint density at radius 1 is 0.276 bits per heavy atom. The fraction of sp³-hybridized carbons (Fsp3) is 0.757. The molecule has 1 unspecified atom stereocenters. The number of ether oxygens (including phenoxy) is 3. The quantitative estimate of drug-likeness (QED) is 0.0261. The Morgan fingerprint density at radius 2 is 0.513 bits per heavy atom. The first-order valence-corrected chi connectivity index (χ1v) is 32.6. The molecule has 0 bridgehead atoms. The van der Waals surface area contributed by atoms with Crippen molar-refractivity contribution in [2.45, 2.75) is 329 Å². The molecular weight excluding hydrogens is 937 g/mol. The van der Waals surface area contributed by atoms with Gasteiger partial charge in [-0.05, 0) is 96.3 Å². The summed E-state index contributed by atoms with van der Waals surface area (Å²) in [5, 5.41) is 0. The molecule has 0 aromatic rings. The lowest BCUT2D eigenvalue weighted by Crippen LogP contribution is -2.30. The highest BCUT2D eigenvalue weighted by Crippen LogP contribution is 2.16. The van der Waals surface area contributed by atoms with Crippen molar-refractivity contribution in [2.24, 2.45) is 0 Å². The highest BCUT2D eigenvalue weighted by Gasteiger charge is 2.19. The van der Waals surface area contributed by atoms with E-state index in [1.54, 1.807) is 0 Å². The van der Waals surface area contributed by atoms with Crippen LogP contribution in [0.4, 0.5) is 0 Å². The van der Waals surface area contributed by atoms with Gasteiger partial charge in [-0.1, -0.05) is 292 Å². The van der Waals surface area contributed by atoms with Crippen molar-refractivity contribution in [1.29, 1.82) is 0 Å². The monoisotopic (exact) mass is 1060 g/mol. The molecule has 0 aliphatic carbocycles. The lowest BCUT2D eigenvalue weighted by molar-refractivity contribution is -0.167. The van der Waals surface area contributed by atoms with E-state index in [9.17, 15) is 14.4 Å². The van der Waals surface area contributed by atoms with E-state index < -0.39 is 6.10 Å². The van der Waals surface area contributed by atoms with Crippen LogP contribution in [0.3, 0.4) is 0 Å². The summed E-state index contributed by atoms with van der Waals surface area (Å²) in [5.74, 6) is -0.876. The number of carbonyl (C=O) groups excluding carboxylic acids is 3. The molecule has 438 valence electrons. The average molecular weight is 1060 g/mol. The maximum atomic E-state index is 12.9. The maximum absolute atomic E-state index is 12.9. The van der Waals surface area contributed by atoms with Crippen LogP contribution in [0.5, 0.6) is 0 Å². The summed E-state index contributed by atoms with van der Waals surface area (Å²) in [5.41, 5.74) is 0. The van der Waals surface area contributed by atoms with Crippen LogP contribution < -0.4 is 0 Å². The third kappa shape index (κ3) is 61.4. The summed E-state index contributed by atoms with van der Waals surface area (Å²) in [6.07, 6.45) is 84.4. The van der Waals surface area contributed by atoms with Crippen LogP contribution in [-0.2, 0) is 28.6 Å². The number of allylic oxidation sites excluding steroid dienone is 14. The van der Waals surface area contributed by atoms with Gasteiger partial charge in [0.25, 0.3) is 0 Å². The van der Waals surface area contributed by atoms with Crippen molar-refractivity contribution >= 4 is 17.9 Å². The molecule has 0 amide bonds. The van der Waals surface area contributed by atoms with Gasteiger partial charge in [0.1, 0.15) is 13.2 Å². The molecule has 0 fully saturated rings. The predicted molar refractivity (Wildman–Crippen MR) is 330 cm³/mol. The van der Waals surface area contributed by atoms with E-state index in [0.29, 0.717) is 19.3 Å². The Bertz CT molecular complexity index is 1450. The van der Waals surface area contributed by atoms with Crippen LogP contribution in [-0.4, -0.2) is 37.2 Å². The maximum Gasteiger partial charge on any atom is 0.306 e.